The molecule has 6 nitrogen and oxygen atoms in total. The van der Waals surface area contributed by atoms with Crippen molar-refractivity contribution in [2.24, 2.45) is 0 Å². The number of nitrogens with zero attached hydrogens (tertiary/aromatic N) is 3. The van der Waals surface area contributed by atoms with Crippen molar-refractivity contribution in [2.45, 2.75) is 0 Å². The van der Waals surface area contributed by atoms with E-state index in [1.165, 1.54) is 0 Å². The number of aromatic nitrogens is 3. The Morgan fingerprint density at radius 2 is 2.18 bits per heavy atom. The van der Waals surface area contributed by atoms with Crippen molar-refractivity contribution in [1.82, 2.24) is 14.9 Å². The maximum Gasteiger partial charge on any atom is 0.217 e. The average molecular weight is 252 g/mol. The third kappa shape index (κ3) is 1.87. The zero-order valence-electron chi connectivity index (χ0n) is 9.13. The Bertz CT molecular complexity index is 539. The van der Waals surface area contributed by atoms with E-state index in [0.29, 0.717) is 29.6 Å². The number of hydrogen-bond acceptors (Lipinski definition) is 5. The van der Waals surface area contributed by atoms with Crippen LogP contribution in [0.2, 0.25) is 0 Å². The van der Waals surface area contributed by atoms with Crippen molar-refractivity contribution in [3.8, 4) is 11.6 Å². The van der Waals surface area contributed by atoms with Gasteiger partial charge in [0.05, 0.1) is 32.6 Å². The Hall–Kier alpha value is -1.60. The predicted molar refractivity (Wildman–Crippen MR) is 63.9 cm³/mol. The Labute approximate surface area is 103 Å². The molecule has 1 saturated heterocycles. The van der Waals surface area contributed by atoms with Crippen molar-refractivity contribution in [3.05, 3.63) is 23.2 Å². The van der Waals surface area contributed by atoms with Crippen LogP contribution in [0.25, 0.3) is 11.6 Å². The second kappa shape index (κ2) is 4.34. The Morgan fingerprint density at radius 1 is 1.35 bits per heavy atom. The van der Waals surface area contributed by atoms with Crippen molar-refractivity contribution < 1.29 is 9.15 Å². The molecule has 0 bridgehead atoms. The number of furan rings is 1. The van der Waals surface area contributed by atoms with Gasteiger partial charge in [0.2, 0.25) is 10.6 Å². The molecule has 3 rings (SSSR count). The third-order valence-corrected chi connectivity index (χ3v) is 2.93. The van der Waals surface area contributed by atoms with Crippen LogP contribution in [0.1, 0.15) is 0 Å². The van der Waals surface area contributed by atoms with Crippen LogP contribution >= 0.6 is 12.2 Å². The van der Waals surface area contributed by atoms with Crippen LogP contribution < -0.4 is 5.01 Å². The van der Waals surface area contributed by atoms with Crippen LogP contribution in [-0.2, 0) is 4.74 Å². The molecule has 1 aliphatic rings. The van der Waals surface area contributed by atoms with E-state index >= 15 is 0 Å². The minimum atomic E-state index is 0.568. The van der Waals surface area contributed by atoms with Gasteiger partial charge in [0, 0.05) is 0 Å². The average Bonchev–Trinajstić information content (AvgIpc) is 2.98. The van der Waals surface area contributed by atoms with E-state index in [1.54, 1.807) is 6.26 Å². The standard InChI is InChI=1S/C10H12N4O2S/c17-10-12-11-9(8-2-1-5-16-8)14(10)13-3-6-15-7-4-13/h1-2,5H,3-4,6-7H2,(H,12,17). The minimum Gasteiger partial charge on any atom is -0.461 e. The fraction of sp³-hybridized carbons (Fsp3) is 0.400. The molecule has 3 heterocycles. The number of aromatic amines is 1. The highest BCUT2D eigenvalue weighted by atomic mass is 32.1. The van der Waals surface area contributed by atoms with Gasteiger partial charge in [-0.1, -0.05) is 0 Å². The zero-order chi connectivity index (χ0) is 11.7. The number of nitrogens with one attached hydrogen (secondary N) is 1. The molecular weight excluding hydrogens is 240 g/mol. The molecule has 0 amide bonds. The molecule has 0 atom stereocenters. The SMILES string of the molecule is S=c1[nH]nc(-c2ccco2)n1N1CCOCC1. The van der Waals surface area contributed by atoms with E-state index in [4.69, 9.17) is 21.4 Å². The number of H-pyrrole nitrogens is 1. The lowest BCUT2D eigenvalue weighted by molar-refractivity contribution is 0.111. The molecule has 90 valence electrons. The van der Waals surface area contributed by atoms with Gasteiger partial charge in [-0.05, 0) is 24.4 Å². The molecule has 0 aromatic carbocycles. The Balaban J connectivity index is 2.03. The number of rotatable bonds is 2. The van der Waals surface area contributed by atoms with Gasteiger partial charge in [0.15, 0.2) is 5.76 Å². The molecule has 1 fully saturated rings. The number of hydrogen-bond donors (Lipinski definition) is 1. The first kappa shape index (κ1) is 10.5. The highest BCUT2D eigenvalue weighted by Gasteiger charge is 2.18. The van der Waals surface area contributed by atoms with Crippen LogP contribution in [0.5, 0.6) is 0 Å². The number of morpholine rings is 1. The van der Waals surface area contributed by atoms with Crippen molar-refractivity contribution >= 4 is 12.2 Å². The first-order chi connectivity index (χ1) is 8.36. The maximum absolute atomic E-state index is 5.36. The van der Waals surface area contributed by atoms with Crippen LogP contribution in [0.3, 0.4) is 0 Å². The largest absolute Gasteiger partial charge is 0.461 e. The lowest BCUT2D eigenvalue weighted by atomic mass is 10.4. The van der Waals surface area contributed by atoms with Gasteiger partial charge >= 0.3 is 0 Å². The Morgan fingerprint density at radius 3 is 2.88 bits per heavy atom. The van der Waals surface area contributed by atoms with E-state index in [0.717, 1.165) is 13.1 Å². The van der Waals surface area contributed by atoms with Gasteiger partial charge in [-0.15, -0.1) is 5.10 Å². The molecule has 0 unspecified atom stereocenters. The van der Waals surface area contributed by atoms with Crippen LogP contribution in [0, 0.1) is 4.77 Å². The predicted octanol–water partition coefficient (Wildman–Crippen LogP) is 1.17. The maximum atomic E-state index is 5.36. The summed E-state index contributed by atoms with van der Waals surface area (Å²) in [7, 11) is 0. The summed E-state index contributed by atoms with van der Waals surface area (Å²) in [5.74, 6) is 1.39. The smallest absolute Gasteiger partial charge is 0.217 e. The van der Waals surface area contributed by atoms with Gasteiger partial charge < -0.3 is 14.2 Å². The number of ether oxygens (including phenoxy) is 1. The van der Waals surface area contributed by atoms with E-state index in [1.807, 2.05) is 16.8 Å². The second-order valence-corrected chi connectivity index (χ2v) is 4.09. The summed E-state index contributed by atoms with van der Waals surface area (Å²) in [4.78, 5) is 0. The molecule has 0 spiro atoms. The first-order valence-electron chi connectivity index (χ1n) is 5.40. The molecule has 7 heteroatoms. The fourth-order valence-corrected chi connectivity index (χ4v) is 2.12. The lowest BCUT2D eigenvalue weighted by Crippen LogP contribution is -2.44. The fourth-order valence-electron chi connectivity index (χ4n) is 1.87. The summed E-state index contributed by atoms with van der Waals surface area (Å²) < 4.78 is 13.1. The second-order valence-electron chi connectivity index (χ2n) is 3.71. The van der Waals surface area contributed by atoms with Crippen LogP contribution in [0.4, 0.5) is 0 Å². The van der Waals surface area contributed by atoms with Crippen LogP contribution in [-0.4, -0.2) is 41.2 Å². The summed E-state index contributed by atoms with van der Waals surface area (Å²) in [6, 6.07) is 3.69. The lowest BCUT2D eigenvalue weighted by Gasteiger charge is -2.29. The molecular formula is C10H12N4O2S. The zero-order valence-corrected chi connectivity index (χ0v) is 9.94. The normalized spacial score (nSPS) is 16.4. The topological polar surface area (TPSA) is 59.2 Å². The first-order valence-corrected chi connectivity index (χ1v) is 5.81. The molecule has 2 aromatic rings. The highest BCUT2D eigenvalue weighted by Crippen LogP contribution is 2.18. The van der Waals surface area contributed by atoms with Crippen molar-refractivity contribution in [2.75, 3.05) is 31.3 Å². The van der Waals surface area contributed by atoms with Gasteiger partial charge in [-0.2, -0.15) is 0 Å². The summed E-state index contributed by atoms with van der Waals surface area (Å²) in [5, 5.41) is 9.10. The minimum absolute atomic E-state index is 0.568. The molecule has 2 aromatic heterocycles. The van der Waals surface area contributed by atoms with E-state index in [-0.39, 0.29) is 0 Å². The van der Waals surface area contributed by atoms with Gasteiger partial charge in [-0.25, -0.2) is 9.77 Å². The monoisotopic (exact) mass is 252 g/mol. The molecule has 0 saturated carbocycles. The van der Waals surface area contributed by atoms with Crippen molar-refractivity contribution in [3.63, 3.8) is 0 Å². The van der Waals surface area contributed by atoms with Gasteiger partial charge in [0.25, 0.3) is 0 Å². The van der Waals surface area contributed by atoms with Crippen molar-refractivity contribution in [1.29, 1.82) is 0 Å². The molecule has 0 aliphatic carbocycles. The Kier molecular flexibility index (Phi) is 2.69. The molecule has 1 aliphatic heterocycles. The van der Waals surface area contributed by atoms with Gasteiger partial charge in [0.1, 0.15) is 0 Å². The highest BCUT2D eigenvalue weighted by molar-refractivity contribution is 7.71. The van der Waals surface area contributed by atoms with Crippen LogP contribution in [0.15, 0.2) is 22.8 Å². The van der Waals surface area contributed by atoms with E-state index in [2.05, 4.69) is 15.2 Å². The quantitative estimate of drug-likeness (QED) is 0.813. The molecule has 17 heavy (non-hydrogen) atoms. The summed E-state index contributed by atoms with van der Waals surface area (Å²) in [6.45, 7) is 2.98. The summed E-state index contributed by atoms with van der Waals surface area (Å²) in [6.07, 6.45) is 1.62. The molecule has 1 N–H and O–H groups in total. The molecule has 0 radical (unpaired) electrons. The van der Waals surface area contributed by atoms with E-state index in [9.17, 15) is 0 Å². The van der Waals surface area contributed by atoms with E-state index < -0.39 is 0 Å². The summed E-state index contributed by atoms with van der Waals surface area (Å²) in [5.41, 5.74) is 0. The van der Waals surface area contributed by atoms with Gasteiger partial charge in [-0.3, -0.25) is 0 Å². The third-order valence-electron chi connectivity index (χ3n) is 2.66. The summed E-state index contributed by atoms with van der Waals surface area (Å²) >= 11 is 5.25.